The molecule has 1 aromatic carbocycles. The van der Waals surface area contributed by atoms with Gasteiger partial charge in [0.2, 0.25) is 0 Å². The lowest BCUT2D eigenvalue weighted by Gasteiger charge is -2.36. The Morgan fingerprint density at radius 1 is 1.42 bits per heavy atom. The predicted molar refractivity (Wildman–Crippen MR) is 80.3 cm³/mol. The van der Waals surface area contributed by atoms with Crippen LogP contribution in [0.3, 0.4) is 0 Å². The number of nitrogens with one attached hydrogen (secondary N) is 1. The first-order valence-electron chi connectivity index (χ1n) is 7.12. The second-order valence-electron chi connectivity index (χ2n) is 5.56. The Balaban J connectivity index is 2.03. The smallest absolute Gasteiger partial charge is 0.125 e. The Labute approximate surface area is 120 Å². The van der Waals surface area contributed by atoms with Crippen LogP contribution in [0.2, 0.25) is 5.02 Å². The highest BCUT2D eigenvalue weighted by Crippen LogP contribution is 2.36. The molecular formula is C16H21ClN2. The van der Waals surface area contributed by atoms with Crippen LogP contribution in [0.25, 0.3) is 0 Å². The SMILES string of the molecule is CCCC1CCC(C#N)(Nc2cccc(Cl)c2)CC1. The molecule has 0 aromatic heterocycles. The van der Waals surface area contributed by atoms with E-state index in [-0.39, 0.29) is 0 Å². The topological polar surface area (TPSA) is 35.8 Å². The second-order valence-corrected chi connectivity index (χ2v) is 6.00. The van der Waals surface area contributed by atoms with E-state index in [0.29, 0.717) is 5.02 Å². The molecule has 0 unspecified atom stereocenters. The zero-order chi connectivity index (χ0) is 13.7. The summed E-state index contributed by atoms with van der Waals surface area (Å²) in [5, 5.41) is 13.7. The molecule has 0 saturated heterocycles. The highest BCUT2D eigenvalue weighted by atomic mass is 35.5. The molecule has 1 aliphatic rings. The van der Waals surface area contributed by atoms with E-state index >= 15 is 0 Å². The summed E-state index contributed by atoms with van der Waals surface area (Å²) in [4.78, 5) is 0. The normalized spacial score (nSPS) is 26.7. The van der Waals surface area contributed by atoms with Crippen LogP contribution in [0, 0.1) is 17.2 Å². The van der Waals surface area contributed by atoms with Crippen molar-refractivity contribution < 1.29 is 0 Å². The molecule has 1 aliphatic carbocycles. The van der Waals surface area contributed by atoms with Crippen LogP contribution in [-0.4, -0.2) is 5.54 Å². The average Bonchev–Trinajstić information content (AvgIpc) is 2.42. The zero-order valence-electron chi connectivity index (χ0n) is 11.5. The standard InChI is InChI=1S/C16H21ClN2/c1-2-4-13-7-9-16(12-18,10-8-13)19-15-6-3-5-14(17)11-15/h3,5-6,11,13,19H,2,4,7-10H2,1H3. The van der Waals surface area contributed by atoms with E-state index in [1.807, 2.05) is 24.3 Å². The lowest BCUT2D eigenvalue weighted by molar-refractivity contribution is 0.282. The molecule has 0 aliphatic heterocycles. The summed E-state index contributed by atoms with van der Waals surface area (Å²) >= 11 is 5.99. The minimum atomic E-state index is -0.408. The summed E-state index contributed by atoms with van der Waals surface area (Å²) in [6, 6.07) is 10.1. The van der Waals surface area contributed by atoms with Crippen LogP contribution >= 0.6 is 11.6 Å². The monoisotopic (exact) mass is 276 g/mol. The Bertz CT molecular complexity index is 456. The third-order valence-corrected chi connectivity index (χ3v) is 4.31. The van der Waals surface area contributed by atoms with Crippen LogP contribution < -0.4 is 5.32 Å². The molecule has 19 heavy (non-hydrogen) atoms. The number of nitrogens with zero attached hydrogens (tertiary/aromatic N) is 1. The summed E-state index contributed by atoms with van der Waals surface area (Å²) < 4.78 is 0. The van der Waals surface area contributed by atoms with Crippen molar-refractivity contribution in [1.82, 2.24) is 0 Å². The Morgan fingerprint density at radius 3 is 2.74 bits per heavy atom. The van der Waals surface area contributed by atoms with Gasteiger partial charge in [-0.15, -0.1) is 0 Å². The summed E-state index contributed by atoms with van der Waals surface area (Å²) in [5.41, 5.74) is 0.539. The van der Waals surface area contributed by atoms with Crippen LogP contribution in [0.15, 0.2) is 24.3 Å². The van der Waals surface area contributed by atoms with Gasteiger partial charge in [-0.1, -0.05) is 37.4 Å². The molecule has 0 spiro atoms. The molecule has 2 rings (SSSR count). The van der Waals surface area contributed by atoms with Crippen molar-refractivity contribution >= 4 is 17.3 Å². The number of halogens is 1. The van der Waals surface area contributed by atoms with Crippen molar-refractivity contribution in [2.75, 3.05) is 5.32 Å². The number of hydrogen-bond donors (Lipinski definition) is 1. The summed E-state index contributed by atoms with van der Waals surface area (Å²) in [6.45, 7) is 2.23. The van der Waals surface area contributed by atoms with E-state index in [9.17, 15) is 5.26 Å². The number of anilines is 1. The highest BCUT2D eigenvalue weighted by molar-refractivity contribution is 6.30. The van der Waals surface area contributed by atoms with Gasteiger partial charge in [0.1, 0.15) is 5.54 Å². The summed E-state index contributed by atoms with van der Waals surface area (Å²) in [6.07, 6.45) is 6.69. The molecule has 1 fully saturated rings. The molecule has 0 amide bonds. The van der Waals surface area contributed by atoms with Crippen LogP contribution in [0.5, 0.6) is 0 Å². The van der Waals surface area contributed by atoms with Gasteiger partial charge >= 0.3 is 0 Å². The van der Waals surface area contributed by atoms with Gasteiger partial charge in [-0.3, -0.25) is 0 Å². The first-order chi connectivity index (χ1) is 9.17. The van der Waals surface area contributed by atoms with Gasteiger partial charge in [-0.05, 0) is 49.8 Å². The number of rotatable bonds is 4. The zero-order valence-corrected chi connectivity index (χ0v) is 12.2. The molecular weight excluding hydrogens is 256 g/mol. The maximum Gasteiger partial charge on any atom is 0.125 e. The summed E-state index contributed by atoms with van der Waals surface area (Å²) in [5.74, 6) is 0.799. The number of hydrogen-bond acceptors (Lipinski definition) is 2. The lowest BCUT2D eigenvalue weighted by atomic mass is 9.75. The van der Waals surface area contributed by atoms with Gasteiger partial charge in [0.25, 0.3) is 0 Å². The number of benzene rings is 1. The van der Waals surface area contributed by atoms with Gasteiger partial charge in [0.05, 0.1) is 6.07 Å². The van der Waals surface area contributed by atoms with Crippen molar-refractivity contribution in [2.24, 2.45) is 5.92 Å². The number of nitriles is 1. The lowest BCUT2D eigenvalue weighted by Crippen LogP contribution is -2.40. The first-order valence-corrected chi connectivity index (χ1v) is 7.50. The van der Waals surface area contributed by atoms with Crippen molar-refractivity contribution in [2.45, 2.75) is 51.0 Å². The third-order valence-electron chi connectivity index (χ3n) is 4.08. The van der Waals surface area contributed by atoms with Gasteiger partial charge in [-0.2, -0.15) is 5.26 Å². The molecule has 0 bridgehead atoms. The predicted octanol–water partition coefficient (Wildman–Crippen LogP) is 5.00. The Morgan fingerprint density at radius 2 is 2.16 bits per heavy atom. The average molecular weight is 277 g/mol. The van der Waals surface area contributed by atoms with E-state index in [1.54, 1.807) is 0 Å². The van der Waals surface area contributed by atoms with Gasteiger partial charge < -0.3 is 5.32 Å². The largest absolute Gasteiger partial charge is 0.367 e. The third kappa shape index (κ3) is 3.64. The quantitative estimate of drug-likeness (QED) is 0.839. The van der Waals surface area contributed by atoms with Gasteiger partial charge in [0.15, 0.2) is 0 Å². The minimum absolute atomic E-state index is 0.408. The van der Waals surface area contributed by atoms with E-state index in [2.05, 4.69) is 18.3 Å². The fourth-order valence-electron chi connectivity index (χ4n) is 2.97. The van der Waals surface area contributed by atoms with Crippen LogP contribution in [0.4, 0.5) is 5.69 Å². The van der Waals surface area contributed by atoms with Gasteiger partial charge in [0, 0.05) is 10.7 Å². The van der Waals surface area contributed by atoms with Crippen LogP contribution in [-0.2, 0) is 0 Å². The van der Waals surface area contributed by atoms with Crippen molar-refractivity contribution in [3.63, 3.8) is 0 Å². The highest BCUT2D eigenvalue weighted by Gasteiger charge is 2.35. The van der Waals surface area contributed by atoms with Crippen molar-refractivity contribution in [3.05, 3.63) is 29.3 Å². The fraction of sp³-hybridized carbons (Fsp3) is 0.562. The van der Waals surface area contributed by atoms with Crippen LogP contribution in [0.1, 0.15) is 45.4 Å². The molecule has 0 atom stereocenters. The molecule has 2 nitrogen and oxygen atoms in total. The van der Waals surface area contributed by atoms with E-state index < -0.39 is 5.54 Å². The molecule has 3 heteroatoms. The molecule has 1 aromatic rings. The Hall–Kier alpha value is -1.20. The Kier molecular flexibility index (Phi) is 4.71. The maximum atomic E-state index is 9.54. The van der Waals surface area contributed by atoms with Gasteiger partial charge in [-0.25, -0.2) is 0 Å². The van der Waals surface area contributed by atoms with E-state index in [1.165, 1.54) is 12.8 Å². The minimum Gasteiger partial charge on any atom is -0.367 e. The van der Waals surface area contributed by atoms with Crippen molar-refractivity contribution in [3.8, 4) is 6.07 Å². The van der Waals surface area contributed by atoms with E-state index in [4.69, 9.17) is 11.6 Å². The molecule has 102 valence electrons. The maximum absolute atomic E-state index is 9.54. The molecule has 0 radical (unpaired) electrons. The molecule has 0 heterocycles. The molecule has 1 saturated carbocycles. The molecule has 1 N–H and O–H groups in total. The van der Waals surface area contributed by atoms with E-state index in [0.717, 1.165) is 37.3 Å². The summed E-state index contributed by atoms with van der Waals surface area (Å²) in [7, 11) is 0. The van der Waals surface area contributed by atoms with Crippen molar-refractivity contribution in [1.29, 1.82) is 5.26 Å². The fourth-order valence-corrected chi connectivity index (χ4v) is 3.16. The first kappa shape index (κ1) is 14.2. The second kappa shape index (κ2) is 6.30.